The minimum Gasteiger partial charge on any atom is -0.390 e. The molecular weight excluding hydrogens is 258 g/mol. The number of nitro groups is 1. The van der Waals surface area contributed by atoms with Gasteiger partial charge >= 0.3 is 0 Å². The molecule has 1 aromatic carbocycles. The zero-order chi connectivity index (χ0) is 14.8. The Labute approximate surface area is 117 Å². The van der Waals surface area contributed by atoms with Crippen LogP contribution >= 0.6 is 0 Å². The fraction of sp³-hybridized carbons (Fsp3) is 0.500. The van der Waals surface area contributed by atoms with Crippen LogP contribution < -0.4 is 4.90 Å². The van der Waals surface area contributed by atoms with Gasteiger partial charge in [0, 0.05) is 19.2 Å². The molecule has 0 aromatic heterocycles. The zero-order valence-electron chi connectivity index (χ0n) is 11.4. The van der Waals surface area contributed by atoms with Crippen molar-refractivity contribution in [2.45, 2.75) is 31.8 Å². The first-order valence-electron chi connectivity index (χ1n) is 6.59. The van der Waals surface area contributed by atoms with Crippen LogP contribution in [0, 0.1) is 21.4 Å². The normalized spacial score (nSPS) is 22.9. The standard InChI is InChI=1S/C14H17N3O3/c1-14(18)5-2-7-16(8-6-14)12-4-3-11(10-15)9-13(12)17(19)20/h3-4,9,18H,2,5-8H2,1H3. The van der Waals surface area contributed by atoms with E-state index in [9.17, 15) is 15.2 Å². The van der Waals surface area contributed by atoms with Crippen LogP contribution in [-0.4, -0.2) is 28.7 Å². The highest BCUT2D eigenvalue weighted by Crippen LogP contribution is 2.32. The maximum Gasteiger partial charge on any atom is 0.293 e. The Kier molecular flexibility index (Phi) is 3.91. The van der Waals surface area contributed by atoms with Crippen molar-refractivity contribution < 1.29 is 10.0 Å². The molecule has 6 heteroatoms. The maximum absolute atomic E-state index is 11.2. The van der Waals surface area contributed by atoms with Gasteiger partial charge in [-0.2, -0.15) is 5.26 Å². The summed E-state index contributed by atoms with van der Waals surface area (Å²) in [4.78, 5) is 12.6. The van der Waals surface area contributed by atoms with Gasteiger partial charge in [0.25, 0.3) is 5.69 Å². The monoisotopic (exact) mass is 275 g/mol. The van der Waals surface area contributed by atoms with Gasteiger partial charge < -0.3 is 10.0 Å². The van der Waals surface area contributed by atoms with E-state index in [0.29, 0.717) is 31.6 Å². The number of aliphatic hydroxyl groups is 1. The second-order valence-corrected chi connectivity index (χ2v) is 5.41. The van der Waals surface area contributed by atoms with Crippen molar-refractivity contribution in [2.24, 2.45) is 0 Å². The molecule has 0 aliphatic carbocycles. The van der Waals surface area contributed by atoms with Crippen molar-refractivity contribution in [2.75, 3.05) is 18.0 Å². The fourth-order valence-electron chi connectivity index (χ4n) is 2.51. The number of anilines is 1. The lowest BCUT2D eigenvalue weighted by atomic mass is 9.98. The van der Waals surface area contributed by atoms with E-state index in [-0.39, 0.29) is 11.3 Å². The molecule has 6 nitrogen and oxygen atoms in total. The number of nitriles is 1. The Morgan fingerprint density at radius 3 is 2.85 bits per heavy atom. The Balaban J connectivity index is 2.33. The second-order valence-electron chi connectivity index (χ2n) is 5.41. The molecule has 2 rings (SSSR count). The van der Waals surface area contributed by atoms with Gasteiger partial charge in [0.1, 0.15) is 5.69 Å². The van der Waals surface area contributed by atoms with Crippen LogP contribution in [0.25, 0.3) is 0 Å². The largest absolute Gasteiger partial charge is 0.390 e. The van der Waals surface area contributed by atoms with E-state index in [1.54, 1.807) is 19.1 Å². The molecule has 1 N–H and O–H groups in total. The first-order chi connectivity index (χ1) is 9.43. The molecule has 0 radical (unpaired) electrons. The first kappa shape index (κ1) is 14.3. The minimum atomic E-state index is -0.712. The van der Waals surface area contributed by atoms with Crippen LogP contribution in [0.1, 0.15) is 31.7 Å². The number of hydrogen-bond donors (Lipinski definition) is 1. The molecular formula is C14H17N3O3. The van der Waals surface area contributed by atoms with E-state index in [4.69, 9.17) is 5.26 Å². The summed E-state index contributed by atoms with van der Waals surface area (Å²) in [6.45, 7) is 3.03. The van der Waals surface area contributed by atoms with E-state index in [0.717, 1.165) is 6.42 Å². The van der Waals surface area contributed by atoms with E-state index in [2.05, 4.69) is 0 Å². The number of benzene rings is 1. The highest BCUT2D eigenvalue weighted by Gasteiger charge is 2.28. The molecule has 1 aliphatic rings. The van der Waals surface area contributed by atoms with E-state index in [1.807, 2.05) is 11.0 Å². The summed E-state index contributed by atoms with van der Waals surface area (Å²) in [7, 11) is 0. The second kappa shape index (κ2) is 5.47. The van der Waals surface area contributed by atoms with E-state index in [1.165, 1.54) is 6.07 Å². The number of nitro benzene ring substituents is 1. The molecule has 0 saturated carbocycles. The van der Waals surface area contributed by atoms with Crippen LogP contribution in [0.5, 0.6) is 0 Å². The molecule has 0 amide bonds. The summed E-state index contributed by atoms with van der Waals surface area (Å²) >= 11 is 0. The van der Waals surface area contributed by atoms with Gasteiger partial charge in [0.05, 0.1) is 22.2 Å². The Morgan fingerprint density at radius 1 is 1.45 bits per heavy atom. The molecule has 1 aromatic rings. The Hall–Kier alpha value is -2.13. The quantitative estimate of drug-likeness (QED) is 0.660. The SMILES string of the molecule is CC1(O)CCCN(c2ccc(C#N)cc2[N+](=O)[O-])CC1. The summed E-state index contributed by atoms with van der Waals surface area (Å²) in [5, 5.41) is 30.1. The first-order valence-corrected chi connectivity index (χ1v) is 6.59. The zero-order valence-corrected chi connectivity index (χ0v) is 11.4. The van der Waals surface area contributed by atoms with Crippen molar-refractivity contribution in [3.05, 3.63) is 33.9 Å². The highest BCUT2D eigenvalue weighted by atomic mass is 16.6. The predicted octanol–water partition coefficient (Wildman–Crippen LogP) is 2.21. The highest BCUT2D eigenvalue weighted by molar-refractivity contribution is 5.65. The Morgan fingerprint density at radius 2 is 2.20 bits per heavy atom. The molecule has 1 fully saturated rings. The third-order valence-electron chi connectivity index (χ3n) is 3.71. The number of hydrogen-bond acceptors (Lipinski definition) is 5. The predicted molar refractivity (Wildman–Crippen MR) is 74.5 cm³/mol. The maximum atomic E-state index is 11.2. The van der Waals surface area contributed by atoms with Gasteiger partial charge in [-0.3, -0.25) is 10.1 Å². The van der Waals surface area contributed by atoms with Crippen molar-refractivity contribution in [3.8, 4) is 6.07 Å². The summed E-state index contributed by atoms with van der Waals surface area (Å²) < 4.78 is 0. The van der Waals surface area contributed by atoms with Crippen molar-refractivity contribution >= 4 is 11.4 Å². The smallest absolute Gasteiger partial charge is 0.293 e. The molecule has 106 valence electrons. The number of nitrogens with zero attached hydrogens (tertiary/aromatic N) is 3. The van der Waals surface area contributed by atoms with Crippen molar-refractivity contribution in [1.29, 1.82) is 5.26 Å². The van der Waals surface area contributed by atoms with Gasteiger partial charge in [0.15, 0.2) is 0 Å². The van der Waals surface area contributed by atoms with Gasteiger partial charge in [-0.1, -0.05) is 0 Å². The summed E-state index contributed by atoms with van der Waals surface area (Å²) in [5.74, 6) is 0. The Bertz CT molecular complexity index is 563. The summed E-state index contributed by atoms with van der Waals surface area (Å²) in [6.07, 6.45) is 2.04. The molecule has 1 atom stereocenters. The molecule has 1 heterocycles. The average Bonchev–Trinajstić information content (AvgIpc) is 2.59. The lowest BCUT2D eigenvalue weighted by Gasteiger charge is -2.24. The molecule has 0 spiro atoms. The minimum absolute atomic E-state index is 0.0504. The third kappa shape index (κ3) is 3.06. The third-order valence-corrected chi connectivity index (χ3v) is 3.71. The van der Waals surface area contributed by atoms with Crippen molar-refractivity contribution in [1.82, 2.24) is 0 Å². The van der Waals surface area contributed by atoms with Crippen LogP contribution in [0.15, 0.2) is 18.2 Å². The molecule has 1 saturated heterocycles. The van der Waals surface area contributed by atoms with Crippen LogP contribution in [0.2, 0.25) is 0 Å². The van der Waals surface area contributed by atoms with Gasteiger partial charge in [-0.15, -0.1) is 0 Å². The van der Waals surface area contributed by atoms with Gasteiger partial charge in [0.2, 0.25) is 0 Å². The number of rotatable bonds is 2. The summed E-state index contributed by atoms with van der Waals surface area (Å²) in [5.41, 5.74) is 0.0374. The molecule has 0 bridgehead atoms. The van der Waals surface area contributed by atoms with Crippen LogP contribution in [0.3, 0.4) is 0 Å². The topological polar surface area (TPSA) is 90.4 Å². The summed E-state index contributed by atoms with van der Waals surface area (Å²) in [6, 6.07) is 6.43. The molecule has 1 unspecified atom stereocenters. The lowest BCUT2D eigenvalue weighted by molar-refractivity contribution is -0.384. The lowest BCUT2D eigenvalue weighted by Crippen LogP contribution is -2.28. The van der Waals surface area contributed by atoms with Gasteiger partial charge in [-0.25, -0.2) is 0 Å². The molecule has 20 heavy (non-hydrogen) atoms. The van der Waals surface area contributed by atoms with E-state index >= 15 is 0 Å². The van der Waals surface area contributed by atoms with E-state index < -0.39 is 10.5 Å². The van der Waals surface area contributed by atoms with Crippen LogP contribution in [0.4, 0.5) is 11.4 Å². The molecule has 1 aliphatic heterocycles. The average molecular weight is 275 g/mol. The van der Waals surface area contributed by atoms with Crippen molar-refractivity contribution in [3.63, 3.8) is 0 Å². The van der Waals surface area contributed by atoms with Crippen LogP contribution in [-0.2, 0) is 0 Å². The fourth-order valence-corrected chi connectivity index (χ4v) is 2.51. The van der Waals surface area contributed by atoms with Gasteiger partial charge in [-0.05, 0) is 38.3 Å².